The van der Waals surface area contributed by atoms with E-state index in [1.165, 1.54) is 4.88 Å². The zero-order valence-electron chi connectivity index (χ0n) is 16.3. The number of halogens is 1. The van der Waals surface area contributed by atoms with E-state index in [1.807, 2.05) is 17.0 Å². The Kier molecular flexibility index (Phi) is 6.10. The molecule has 3 fully saturated rings. The fourth-order valence-electron chi connectivity index (χ4n) is 4.34. The first-order valence-corrected chi connectivity index (χ1v) is 11.3. The molecule has 2 saturated heterocycles. The number of hydrogen-bond acceptors (Lipinski definition) is 6. The summed E-state index contributed by atoms with van der Waals surface area (Å²) in [5, 5.41) is 3.68. The van der Waals surface area contributed by atoms with Crippen molar-refractivity contribution < 1.29 is 14.4 Å². The highest BCUT2D eigenvalue weighted by atomic mass is 35.5. The van der Waals surface area contributed by atoms with E-state index in [4.69, 9.17) is 11.6 Å². The van der Waals surface area contributed by atoms with Gasteiger partial charge in [-0.2, -0.15) is 5.01 Å². The number of amides is 4. The largest absolute Gasteiger partial charge is 0.344 e. The van der Waals surface area contributed by atoms with Crippen molar-refractivity contribution in [1.29, 1.82) is 0 Å². The van der Waals surface area contributed by atoms with Crippen LogP contribution in [0.3, 0.4) is 0 Å². The van der Waals surface area contributed by atoms with Crippen molar-refractivity contribution >= 4 is 40.8 Å². The summed E-state index contributed by atoms with van der Waals surface area (Å²) in [4.78, 5) is 43.1. The van der Waals surface area contributed by atoms with Crippen LogP contribution in [0.4, 0.5) is 4.79 Å². The van der Waals surface area contributed by atoms with Crippen LogP contribution >= 0.6 is 22.9 Å². The van der Waals surface area contributed by atoms with E-state index in [0.717, 1.165) is 61.3 Å². The fourth-order valence-corrected chi connectivity index (χ4v) is 5.47. The molecule has 0 radical (unpaired) electrons. The van der Waals surface area contributed by atoms with Gasteiger partial charge in [0.1, 0.15) is 5.54 Å². The quantitative estimate of drug-likeness (QED) is 0.683. The van der Waals surface area contributed by atoms with Crippen molar-refractivity contribution in [3.8, 4) is 0 Å². The standard InChI is InChI=1S/C19H26ClN5O3S/c20-15-5-4-14(29-15)12-23-8-10-24(11-9-23)13-16(26)22-25-17(27)19(21-18(25)28)6-2-1-3-7-19/h4-5H,1-3,6-13H2,(H,21,28)(H,22,26). The molecule has 2 N–H and O–H groups in total. The highest BCUT2D eigenvalue weighted by Gasteiger charge is 2.52. The smallest absolute Gasteiger partial charge is 0.322 e. The van der Waals surface area contributed by atoms with Gasteiger partial charge in [-0.3, -0.25) is 24.8 Å². The second-order valence-corrected chi connectivity index (χ2v) is 9.81. The molecule has 8 nitrogen and oxygen atoms in total. The predicted molar refractivity (Wildman–Crippen MR) is 110 cm³/mol. The summed E-state index contributed by atoms with van der Waals surface area (Å²) >= 11 is 7.58. The maximum Gasteiger partial charge on any atom is 0.344 e. The van der Waals surface area contributed by atoms with Crippen molar-refractivity contribution in [3.63, 3.8) is 0 Å². The molecule has 0 unspecified atom stereocenters. The van der Waals surface area contributed by atoms with E-state index in [1.54, 1.807) is 11.3 Å². The summed E-state index contributed by atoms with van der Waals surface area (Å²) in [6.07, 6.45) is 4.18. The molecule has 1 saturated carbocycles. The molecule has 3 heterocycles. The SMILES string of the molecule is O=C(CN1CCN(Cc2ccc(Cl)s2)CC1)NN1C(=O)NC2(CCCCC2)C1=O. The third-order valence-electron chi connectivity index (χ3n) is 5.95. The number of hydrazine groups is 1. The summed E-state index contributed by atoms with van der Waals surface area (Å²) < 4.78 is 0.797. The number of hydrogen-bond donors (Lipinski definition) is 2. The van der Waals surface area contributed by atoms with Crippen molar-refractivity contribution in [2.45, 2.75) is 44.2 Å². The van der Waals surface area contributed by atoms with Crippen LogP contribution in [0.1, 0.15) is 37.0 Å². The van der Waals surface area contributed by atoms with Gasteiger partial charge in [0, 0.05) is 37.6 Å². The third-order valence-corrected chi connectivity index (χ3v) is 7.16. The first-order chi connectivity index (χ1) is 13.9. The molecular formula is C19H26ClN5O3S. The number of thiophene rings is 1. The molecule has 2 aliphatic heterocycles. The highest BCUT2D eigenvalue weighted by Crippen LogP contribution is 2.33. The van der Waals surface area contributed by atoms with Gasteiger partial charge in [0.05, 0.1) is 10.9 Å². The Morgan fingerprint density at radius 1 is 1.10 bits per heavy atom. The molecule has 1 spiro atoms. The lowest BCUT2D eigenvalue weighted by atomic mass is 9.82. The van der Waals surface area contributed by atoms with Gasteiger partial charge in [-0.05, 0) is 25.0 Å². The Hall–Kier alpha value is -1.68. The van der Waals surface area contributed by atoms with E-state index >= 15 is 0 Å². The summed E-state index contributed by atoms with van der Waals surface area (Å²) in [6, 6.07) is 3.43. The first-order valence-electron chi connectivity index (χ1n) is 10.1. The Morgan fingerprint density at radius 3 is 2.45 bits per heavy atom. The van der Waals surface area contributed by atoms with Crippen LogP contribution in [0.15, 0.2) is 12.1 Å². The van der Waals surface area contributed by atoms with Gasteiger partial charge in [0.25, 0.3) is 11.8 Å². The van der Waals surface area contributed by atoms with Gasteiger partial charge in [-0.15, -0.1) is 11.3 Å². The molecule has 3 aliphatic rings. The minimum absolute atomic E-state index is 0.169. The second-order valence-electron chi connectivity index (χ2n) is 8.01. The van der Waals surface area contributed by atoms with Crippen LogP contribution in [0, 0.1) is 0 Å². The van der Waals surface area contributed by atoms with Gasteiger partial charge in [0.15, 0.2) is 0 Å². The number of urea groups is 1. The van der Waals surface area contributed by atoms with Crippen molar-refractivity contribution in [1.82, 2.24) is 25.6 Å². The molecule has 158 valence electrons. The highest BCUT2D eigenvalue weighted by molar-refractivity contribution is 7.16. The maximum absolute atomic E-state index is 12.7. The topological polar surface area (TPSA) is 85.0 Å². The Labute approximate surface area is 179 Å². The molecule has 0 bridgehead atoms. The molecule has 1 aromatic heterocycles. The monoisotopic (exact) mass is 439 g/mol. The predicted octanol–water partition coefficient (Wildman–Crippen LogP) is 1.80. The number of imide groups is 1. The summed E-state index contributed by atoms with van der Waals surface area (Å²) in [5.74, 6) is -0.658. The van der Waals surface area contributed by atoms with Gasteiger partial charge >= 0.3 is 6.03 Å². The molecular weight excluding hydrogens is 414 g/mol. The first kappa shape index (κ1) is 20.6. The molecule has 4 rings (SSSR count). The fraction of sp³-hybridized carbons (Fsp3) is 0.632. The Morgan fingerprint density at radius 2 is 1.79 bits per heavy atom. The minimum atomic E-state index is -0.821. The molecule has 0 atom stereocenters. The molecule has 1 aliphatic carbocycles. The van der Waals surface area contributed by atoms with Crippen LogP contribution in [-0.4, -0.2) is 70.9 Å². The number of piperazine rings is 1. The number of carbonyl (C=O) groups excluding carboxylic acids is 3. The molecule has 29 heavy (non-hydrogen) atoms. The number of nitrogens with zero attached hydrogens (tertiary/aromatic N) is 3. The third kappa shape index (κ3) is 4.58. The van der Waals surface area contributed by atoms with Gasteiger partial charge in [-0.25, -0.2) is 4.79 Å². The van der Waals surface area contributed by atoms with E-state index in [-0.39, 0.29) is 18.4 Å². The summed E-state index contributed by atoms with van der Waals surface area (Å²) in [6.45, 7) is 4.27. The van der Waals surface area contributed by atoms with Gasteiger partial charge < -0.3 is 5.32 Å². The minimum Gasteiger partial charge on any atom is -0.322 e. The van der Waals surface area contributed by atoms with Gasteiger partial charge in [0.2, 0.25) is 0 Å². The molecule has 0 aromatic carbocycles. The second kappa shape index (κ2) is 8.59. The van der Waals surface area contributed by atoms with E-state index in [9.17, 15) is 14.4 Å². The van der Waals surface area contributed by atoms with E-state index < -0.39 is 11.6 Å². The maximum atomic E-state index is 12.7. The summed E-state index contributed by atoms with van der Waals surface area (Å²) in [5.41, 5.74) is 1.70. The Balaban J connectivity index is 1.24. The lowest BCUT2D eigenvalue weighted by Crippen LogP contribution is -2.54. The normalized spacial score (nSPS) is 22.9. The number of carbonyl (C=O) groups is 3. The van der Waals surface area contributed by atoms with E-state index in [2.05, 4.69) is 15.6 Å². The molecule has 10 heteroatoms. The van der Waals surface area contributed by atoms with Crippen LogP contribution in [0.25, 0.3) is 0 Å². The average molecular weight is 440 g/mol. The van der Waals surface area contributed by atoms with E-state index in [0.29, 0.717) is 12.8 Å². The zero-order valence-corrected chi connectivity index (χ0v) is 17.9. The number of rotatable bonds is 5. The molecule has 4 amide bonds. The average Bonchev–Trinajstić information content (AvgIpc) is 3.20. The van der Waals surface area contributed by atoms with Crippen molar-refractivity contribution in [2.75, 3.05) is 32.7 Å². The van der Waals surface area contributed by atoms with Crippen LogP contribution in [0.5, 0.6) is 0 Å². The molecule has 1 aromatic rings. The summed E-state index contributed by atoms with van der Waals surface area (Å²) in [7, 11) is 0. The zero-order chi connectivity index (χ0) is 20.4. The van der Waals surface area contributed by atoms with Crippen LogP contribution in [0.2, 0.25) is 4.34 Å². The Bertz CT molecular complexity index is 787. The lowest BCUT2D eigenvalue weighted by Gasteiger charge is -2.34. The lowest BCUT2D eigenvalue weighted by molar-refractivity contribution is -0.140. The van der Waals surface area contributed by atoms with Crippen molar-refractivity contribution in [3.05, 3.63) is 21.3 Å². The number of nitrogens with one attached hydrogen (secondary N) is 2. The van der Waals surface area contributed by atoms with Crippen LogP contribution < -0.4 is 10.7 Å². The van der Waals surface area contributed by atoms with Crippen molar-refractivity contribution in [2.24, 2.45) is 0 Å². The van der Waals surface area contributed by atoms with Gasteiger partial charge in [-0.1, -0.05) is 30.9 Å². The van der Waals surface area contributed by atoms with Crippen LogP contribution in [-0.2, 0) is 16.1 Å².